The van der Waals surface area contributed by atoms with Gasteiger partial charge in [-0.1, -0.05) is 25.3 Å². The predicted molar refractivity (Wildman–Crippen MR) is 86.8 cm³/mol. The topological polar surface area (TPSA) is 58.2 Å². The minimum Gasteiger partial charge on any atom is -0.349 e. The molecule has 2 N–H and O–H groups in total. The van der Waals surface area contributed by atoms with Crippen LogP contribution in [0.5, 0.6) is 0 Å². The van der Waals surface area contributed by atoms with Crippen LogP contribution >= 0.6 is 0 Å². The van der Waals surface area contributed by atoms with Crippen LogP contribution in [-0.2, 0) is 4.79 Å². The summed E-state index contributed by atoms with van der Waals surface area (Å²) in [5.41, 5.74) is 1.33. The van der Waals surface area contributed by atoms with Crippen LogP contribution in [0, 0.1) is 5.92 Å². The summed E-state index contributed by atoms with van der Waals surface area (Å²) in [5, 5.41) is 5.90. The van der Waals surface area contributed by atoms with Crippen LogP contribution in [0.1, 0.15) is 61.7 Å². The third-order valence-corrected chi connectivity index (χ3v) is 4.52. The van der Waals surface area contributed by atoms with Crippen molar-refractivity contribution in [3.8, 4) is 0 Å². The fourth-order valence-electron chi connectivity index (χ4n) is 3.10. The molecule has 0 radical (unpaired) electrons. The molecule has 0 aliphatic heterocycles. The van der Waals surface area contributed by atoms with E-state index in [-0.39, 0.29) is 11.8 Å². The first-order valence-corrected chi connectivity index (χ1v) is 8.41. The van der Waals surface area contributed by atoms with E-state index in [1.807, 2.05) is 12.1 Å². The van der Waals surface area contributed by atoms with E-state index in [0.717, 1.165) is 25.7 Å². The molecule has 0 aromatic heterocycles. The van der Waals surface area contributed by atoms with Crippen molar-refractivity contribution in [2.24, 2.45) is 5.92 Å². The highest BCUT2D eigenvalue weighted by atomic mass is 16.2. The molecule has 2 aliphatic rings. The van der Waals surface area contributed by atoms with Gasteiger partial charge in [-0.15, -0.1) is 0 Å². The Morgan fingerprint density at radius 3 is 2.55 bits per heavy atom. The molecule has 0 bridgehead atoms. The number of hydrogen-bond acceptors (Lipinski definition) is 2. The highest BCUT2D eigenvalue weighted by Gasteiger charge is 2.24. The van der Waals surface area contributed by atoms with Crippen LogP contribution < -0.4 is 10.6 Å². The van der Waals surface area contributed by atoms with Crippen molar-refractivity contribution in [3.63, 3.8) is 0 Å². The molecular weight excluding hydrogens is 276 g/mol. The SMILES string of the molecule is O=C(CC1CCCCC1)Nc1cccc(C(=O)NC2CC2)c1. The Bertz CT molecular complexity index is 546. The van der Waals surface area contributed by atoms with Gasteiger partial charge in [0.05, 0.1) is 0 Å². The normalized spacial score (nSPS) is 18.7. The lowest BCUT2D eigenvalue weighted by atomic mass is 9.87. The van der Waals surface area contributed by atoms with Gasteiger partial charge in [0.2, 0.25) is 5.91 Å². The van der Waals surface area contributed by atoms with E-state index in [1.165, 1.54) is 19.3 Å². The molecule has 1 aromatic carbocycles. The molecule has 1 aromatic rings. The van der Waals surface area contributed by atoms with Crippen LogP contribution in [0.15, 0.2) is 24.3 Å². The Labute approximate surface area is 131 Å². The highest BCUT2D eigenvalue weighted by Crippen LogP contribution is 2.26. The number of benzene rings is 1. The molecule has 3 rings (SSSR count). The minimum absolute atomic E-state index is 0.0501. The maximum atomic E-state index is 12.1. The summed E-state index contributed by atoms with van der Waals surface area (Å²) in [4.78, 5) is 24.2. The molecule has 2 aliphatic carbocycles. The summed E-state index contributed by atoms with van der Waals surface area (Å²) >= 11 is 0. The maximum absolute atomic E-state index is 12.1. The van der Waals surface area contributed by atoms with E-state index in [4.69, 9.17) is 0 Å². The van der Waals surface area contributed by atoms with Crippen LogP contribution in [-0.4, -0.2) is 17.9 Å². The van der Waals surface area contributed by atoms with Crippen molar-refractivity contribution >= 4 is 17.5 Å². The largest absolute Gasteiger partial charge is 0.349 e. The molecule has 2 amide bonds. The van der Waals surface area contributed by atoms with Gasteiger partial charge in [-0.2, -0.15) is 0 Å². The fourth-order valence-corrected chi connectivity index (χ4v) is 3.10. The van der Waals surface area contributed by atoms with Gasteiger partial charge in [0.1, 0.15) is 0 Å². The van der Waals surface area contributed by atoms with E-state index >= 15 is 0 Å². The van der Waals surface area contributed by atoms with Gasteiger partial charge in [-0.3, -0.25) is 9.59 Å². The fraction of sp³-hybridized carbons (Fsp3) is 0.556. The van der Waals surface area contributed by atoms with Gasteiger partial charge in [0.25, 0.3) is 5.91 Å². The first-order chi connectivity index (χ1) is 10.7. The van der Waals surface area contributed by atoms with Crippen molar-refractivity contribution < 1.29 is 9.59 Å². The number of amides is 2. The molecule has 0 atom stereocenters. The maximum Gasteiger partial charge on any atom is 0.251 e. The van der Waals surface area contributed by atoms with Crippen molar-refractivity contribution in [2.45, 2.75) is 57.4 Å². The van der Waals surface area contributed by atoms with Crippen molar-refractivity contribution in [1.29, 1.82) is 0 Å². The van der Waals surface area contributed by atoms with Gasteiger partial charge in [0.15, 0.2) is 0 Å². The Morgan fingerprint density at radius 1 is 1.05 bits per heavy atom. The van der Waals surface area contributed by atoms with E-state index in [9.17, 15) is 9.59 Å². The summed E-state index contributed by atoms with van der Waals surface area (Å²) in [6.45, 7) is 0. The lowest BCUT2D eigenvalue weighted by Crippen LogP contribution is -2.25. The van der Waals surface area contributed by atoms with Crippen molar-refractivity contribution in [2.75, 3.05) is 5.32 Å². The summed E-state index contributed by atoms with van der Waals surface area (Å²) in [6, 6.07) is 7.55. The first-order valence-electron chi connectivity index (χ1n) is 8.41. The van der Waals surface area contributed by atoms with Crippen LogP contribution in [0.25, 0.3) is 0 Å². The molecule has 22 heavy (non-hydrogen) atoms. The number of anilines is 1. The number of nitrogens with one attached hydrogen (secondary N) is 2. The zero-order chi connectivity index (χ0) is 15.4. The summed E-state index contributed by atoms with van der Waals surface area (Å²) in [5.74, 6) is 0.535. The van der Waals surface area contributed by atoms with E-state index in [2.05, 4.69) is 10.6 Å². The smallest absolute Gasteiger partial charge is 0.251 e. The Hall–Kier alpha value is -1.84. The lowest BCUT2D eigenvalue weighted by Gasteiger charge is -2.20. The molecule has 4 nitrogen and oxygen atoms in total. The van der Waals surface area contributed by atoms with Gasteiger partial charge in [-0.25, -0.2) is 0 Å². The number of hydrogen-bond donors (Lipinski definition) is 2. The van der Waals surface area contributed by atoms with Gasteiger partial charge in [0, 0.05) is 23.7 Å². The second kappa shape index (κ2) is 6.95. The zero-order valence-corrected chi connectivity index (χ0v) is 12.9. The van der Waals surface area contributed by atoms with Crippen LogP contribution in [0.4, 0.5) is 5.69 Å². The molecule has 118 valence electrons. The second-order valence-electron chi connectivity index (χ2n) is 6.58. The average Bonchev–Trinajstić information content (AvgIpc) is 3.32. The molecular formula is C18H24N2O2. The third kappa shape index (κ3) is 4.33. The molecule has 4 heteroatoms. The molecule has 2 saturated carbocycles. The van der Waals surface area contributed by atoms with E-state index < -0.39 is 0 Å². The quantitative estimate of drug-likeness (QED) is 0.874. The van der Waals surface area contributed by atoms with E-state index in [0.29, 0.717) is 29.6 Å². The lowest BCUT2D eigenvalue weighted by molar-refractivity contribution is -0.117. The van der Waals surface area contributed by atoms with E-state index in [1.54, 1.807) is 12.1 Å². The monoisotopic (exact) mass is 300 g/mol. The molecule has 2 fully saturated rings. The highest BCUT2D eigenvalue weighted by molar-refractivity contribution is 5.97. The predicted octanol–water partition coefficient (Wildman–Crippen LogP) is 3.49. The number of carbonyl (C=O) groups excluding carboxylic acids is 2. The van der Waals surface area contributed by atoms with Gasteiger partial charge >= 0.3 is 0 Å². The van der Waals surface area contributed by atoms with Crippen molar-refractivity contribution in [3.05, 3.63) is 29.8 Å². The Kier molecular flexibility index (Phi) is 4.76. The van der Waals surface area contributed by atoms with Crippen LogP contribution in [0.3, 0.4) is 0 Å². The number of carbonyl (C=O) groups is 2. The Balaban J connectivity index is 1.54. The zero-order valence-electron chi connectivity index (χ0n) is 12.9. The molecule has 0 spiro atoms. The average molecular weight is 300 g/mol. The van der Waals surface area contributed by atoms with Gasteiger partial charge in [-0.05, 0) is 49.8 Å². The van der Waals surface area contributed by atoms with Crippen molar-refractivity contribution in [1.82, 2.24) is 5.32 Å². The molecule has 0 unspecified atom stereocenters. The molecule has 0 heterocycles. The summed E-state index contributed by atoms with van der Waals surface area (Å²) in [7, 11) is 0. The Morgan fingerprint density at radius 2 is 1.82 bits per heavy atom. The third-order valence-electron chi connectivity index (χ3n) is 4.52. The first kappa shape index (κ1) is 15.1. The summed E-state index contributed by atoms with van der Waals surface area (Å²) < 4.78 is 0. The second-order valence-corrected chi connectivity index (χ2v) is 6.58. The van der Waals surface area contributed by atoms with Crippen LogP contribution in [0.2, 0.25) is 0 Å². The standard InChI is InChI=1S/C18H24N2O2/c21-17(11-13-5-2-1-3-6-13)19-16-8-4-7-14(12-16)18(22)20-15-9-10-15/h4,7-8,12-13,15H,1-3,5-6,9-11H2,(H,19,21)(H,20,22). The van der Waals surface area contributed by atoms with Gasteiger partial charge < -0.3 is 10.6 Å². The minimum atomic E-state index is -0.0501. The molecule has 0 saturated heterocycles. The summed E-state index contributed by atoms with van der Waals surface area (Å²) in [6.07, 6.45) is 8.86. The number of rotatable bonds is 5.